The summed E-state index contributed by atoms with van der Waals surface area (Å²) in [4.78, 5) is 3.80. The smallest absolute Gasteiger partial charge is 0.109 e. The molecule has 0 aliphatic carbocycles. The summed E-state index contributed by atoms with van der Waals surface area (Å²) < 4.78 is 0. The van der Waals surface area contributed by atoms with Crippen LogP contribution in [-0.2, 0) is 6.42 Å². The Morgan fingerprint density at radius 1 is 1.50 bits per heavy atom. The van der Waals surface area contributed by atoms with E-state index in [9.17, 15) is 5.26 Å². The molecule has 1 fully saturated rings. The molecule has 0 unspecified atom stereocenters. The van der Waals surface area contributed by atoms with Crippen molar-refractivity contribution in [2.45, 2.75) is 31.7 Å². The van der Waals surface area contributed by atoms with Crippen LogP contribution in [0.2, 0.25) is 0 Å². The molecule has 4 heteroatoms. The van der Waals surface area contributed by atoms with Crippen molar-refractivity contribution < 1.29 is 0 Å². The van der Waals surface area contributed by atoms with Gasteiger partial charge < -0.3 is 4.90 Å². The molecule has 1 saturated heterocycles. The van der Waals surface area contributed by atoms with Crippen molar-refractivity contribution in [1.82, 2.24) is 10.2 Å². The fourth-order valence-electron chi connectivity index (χ4n) is 2.46. The second-order valence-electron chi connectivity index (χ2n) is 4.88. The Labute approximate surface area is 113 Å². The molecule has 0 saturated carbocycles. The van der Waals surface area contributed by atoms with Crippen molar-refractivity contribution in [2.24, 2.45) is 0 Å². The number of rotatable bonds is 5. The van der Waals surface area contributed by atoms with Crippen LogP contribution >= 0.6 is 11.3 Å². The van der Waals surface area contributed by atoms with Gasteiger partial charge in [-0.1, -0.05) is 13.0 Å². The Morgan fingerprint density at radius 2 is 2.28 bits per heavy atom. The summed E-state index contributed by atoms with van der Waals surface area (Å²) in [6.07, 6.45) is 2.92. The minimum absolute atomic E-state index is 0.289. The number of nitrogens with zero attached hydrogens (tertiary/aromatic N) is 2. The second-order valence-corrected chi connectivity index (χ2v) is 5.92. The zero-order valence-corrected chi connectivity index (χ0v) is 11.8. The highest BCUT2D eigenvalue weighted by molar-refractivity contribution is 7.09. The van der Waals surface area contributed by atoms with Gasteiger partial charge >= 0.3 is 0 Å². The SMILES string of the molecule is CCN1CCC(C#N)(NCCc2cccs2)CC1. The van der Waals surface area contributed by atoms with E-state index in [2.05, 4.69) is 40.7 Å². The first-order chi connectivity index (χ1) is 8.78. The Hall–Kier alpha value is -0.890. The third-order valence-corrected chi connectivity index (χ3v) is 4.72. The lowest BCUT2D eigenvalue weighted by Crippen LogP contribution is -2.52. The number of nitrogens with one attached hydrogen (secondary N) is 1. The highest BCUT2D eigenvalue weighted by Gasteiger charge is 2.33. The van der Waals surface area contributed by atoms with Crippen molar-refractivity contribution in [3.05, 3.63) is 22.4 Å². The topological polar surface area (TPSA) is 39.1 Å². The molecular formula is C14H21N3S. The number of piperidine rings is 1. The van der Waals surface area contributed by atoms with Gasteiger partial charge in [-0.15, -0.1) is 11.3 Å². The number of nitriles is 1. The molecular weight excluding hydrogens is 242 g/mol. The van der Waals surface area contributed by atoms with Gasteiger partial charge in [0, 0.05) is 24.5 Å². The maximum Gasteiger partial charge on any atom is 0.109 e. The van der Waals surface area contributed by atoms with Gasteiger partial charge in [-0.3, -0.25) is 5.32 Å². The molecule has 98 valence electrons. The summed E-state index contributed by atoms with van der Waals surface area (Å²) in [5, 5.41) is 15.0. The van der Waals surface area contributed by atoms with E-state index in [4.69, 9.17) is 0 Å². The number of hydrogen-bond donors (Lipinski definition) is 1. The molecule has 1 aromatic rings. The van der Waals surface area contributed by atoms with Crippen LogP contribution in [0.15, 0.2) is 17.5 Å². The van der Waals surface area contributed by atoms with Crippen LogP contribution < -0.4 is 5.32 Å². The Bertz CT molecular complexity index is 386. The Morgan fingerprint density at radius 3 is 2.83 bits per heavy atom. The molecule has 1 N–H and O–H groups in total. The van der Waals surface area contributed by atoms with Crippen molar-refractivity contribution >= 4 is 11.3 Å². The van der Waals surface area contributed by atoms with Crippen molar-refractivity contribution in [2.75, 3.05) is 26.2 Å². The monoisotopic (exact) mass is 263 g/mol. The first kappa shape index (κ1) is 13.5. The average molecular weight is 263 g/mol. The predicted octanol–water partition coefficient (Wildman–Crippen LogP) is 2.26. The molecule has 3 nitrogen and oxygen atoms in total. The average Bonchev–Trinajstić information content (AvgIpc) is 2.93. The molecule has 1 aliphatic heterocycles. The normalized spacial score (nSPS) is 19.6. The second kappa shape index (κ2) is 6.33. The third kappa shape index (κ3) is 3.32. The summed E-state index contributed by atoms with van der Waals surface area (Å²) in [5.41, 5.74) is -0.289. The van der Waals surface area contributed by atoms with E-state index in [-0.39, 0.29) is 5.54 Å². The minimum atomic E-state index is -0.289. The van der Waals surface area contributed by atoms with E-state index in [1.54, 1.807) is 11.3 Å². The summed E-state index contributed by atoms with van der Waals surface area (Å²) in [6, 6.07) is 6.75. The summed E-state index contributed by atoms with van der Waals surface area (Å²) >= 11 is 1.79. The van der Waals surface area contributed by atoms with Crippen molar-refractivity contribution in [3.8, 4) is 6.07 Å². The molecule has 0 bridgehead atoms. The van der Waals surface area contributed by atoms with Crippen molar-refractivity contribution in [3.63, 3.8) is 0 Å². The van der Waals surface area contributed by atoms with E-state index in [1.807, 2.05) is 0 Å². The van der Waals surface area contributed by atoms with Gasteiger partial charge in [0.15, 0.2) is 0 Å². The lowest BCUT2D eigenvalue weighted by Gasteiger charge is -2.37. The minimum Gasteiger partial charge on any atom is -0.303 e. The van der Waals surface area contributed by atoms with Gasteiger partial charge in [0.1, 0.15) is 5.54 Å². The highest BCUT2D eigenvalue weighted by atomic mass is 32.1. The van der Waals surface area contributed by atoms with Gasteiger partial charge in [0.2, 0.25) is 0 Å². The molecule has 1 aromatic heterocycles. The molecule has 0 amide bonds. The van der Waals surface area contributed by atoms with Crippen LogP contribution in [0.4, 0.5) is 0 Å². The van der Waals surface area contributed by atoms with Crippen LogP contribution in [0.3, 0.4) is 0 Å². The van der Waals surface area contributed by atoms with E-state index < -0.39 is 0 Å². The molecule has 0 spiro atoms. The highest BCUT2D eigenvalue weighted by Crippen LogP contribution is 2.21. The van der Waals surface area contributed by atoms with Gasteiger partial charge in [0.05, 0.1) is 6.07 Å². The molecule has 0 atom stereocenters. The van der Waals surface area contributed by atoms with Crippen LogP contribution in [0.5, 0.6) is 0 Å². The predicted molar refractivity (Wildman–Crippen MR) is 75.7 cm³/mol. The zero-order chi connectivity index (χ0) is 12.8. The lowest BCUT2D eigenvalue weighted by molar-refractivity contribution is 0.174. The van der Waals surface area contributed by atoms with Crippen LogP contribution in [0.25, 0.3) is 0 Å². The fourth-order valence-corrected chi connectivity index (χ4v) is 3.17. The number of likely N-dealkylation sites (tertiary alicyclic amines) is 1. The zero-order valence-electron chi connectivity index (χ0n) is 11.0. The molecule has 2 heterocycles. The van der Waals surface area contributed by atoms with E-state index in [1.165, 1.54) is 4.88 Å². The quantitative estimate of drug-likeness (QED) is 0.885. The van der Waals surface area contributed by atoms with Gasteiger partial charge in [-0.05, 0) is 37.3 Å². The standard InChI is InChI=1S/C14H21N3S/c1-2-17-9-6-14(12-15,7-10-17)16-8-5-13-4-3-11-18-13/h3-4,11,16H,2,5-10H2,1H3. The van der Waals surface area contributed by atoms with E-state index >= 15 is 0 Å². The van der Waals surface area contributed by atoms with Crippen LogP contribution in [-0.4, -0.2) is 36.6 Å². The van der Waals surface area contributed by atoms with Gasteiger partial charge in [-0.25, -0.2) is 0 Å². The first-order valence-electron chi connectivity index (χ1n) is 6.69. The van der Waals surface area contributed by atoms with Crippen molar-refractivity contribution in [1.29, 1.82) is 5.26 Å². The van der Waals surface area contributed by atoms with Crippen LogP contribution in [0, 0.1) is 11.3 Å². The van der Waals surface area contributed by atoms with Gasteiger partial charge in [0.25, 0.3) is 0 Å². The Kier molecular flexibility index (Phi) is 4.76. The van der Waals surface area contributed by atoms with Gasteiger partial charge in [-0.2, -0.15) is 5.26 Å². The number of thiophene rings is 1. The van der Waals surface area contributed by atoms with Crippen LogP contribution in [0.1, 0.15) is 24.6 Å². The first-order valence-corrected chi connectivity index (χ1v) is 7.57. The lowest BCUT2D eigenvalue weighted by atomic mass is 9.89. The number of hydrogen-bond acceptors (Lipinski definition) is 4. The summed E-state index contributed by atoms with van der Waals surface area (Å²) in [6.45, 7) is 6.26. The largest absolute Gasteiger partial charge is 0.303 e. The maximum atomic E-state index is 9.43. The summed E-state index contributed by atoms with van der Waals surface area (Å²) in [7, 11) is 0. The molecule has 2 rings (SSSR count). The summed E-state index contributed by atoms with van der Waals surface area (Å²) in [5.74, 6) is 0. The maximum absolute atomic E-state index is 9.43. The molecule has 18 heavy (non-hydrogen) atoms. The molecule has 0 radical (unpaired) electrons. The van der Waals surface area contributed by atoms with E-state index in [0.717, 1.165) is 45.4 Å². The van der Waals surface area contributed by atoms with E-state index in [0.29, 0.717) is 0 Å². The molecule has 1 aliphatic rings. The fraction of sp³-hybridized carbons (Fsp3) is 0.643. The Balaban J connectivity index is 1.80. The third-order valence-electron chi connectivity index (χ3n) is 3.79. The molecule has 0 aromatic carbocycles.